The summed E-state index contributed by atoms with van der Waals surface area (Å²) >= 11 is 0. The number of aromatic nitrogens is 4. The Morgan fingerprint density at radius 1 is 1.08 bits per heavy atom. The highest BCUT2D eigenvalue weighted by Crippen LogP contribution is 2.32. The molecule has 0 unspecified atom stereocenters. The molecule has 1 aliphatic heterocycles. The summed E-state index contributed by atoms with van der Waals surface area (Å²) in [7, 11) is 0. The normalized spacial score (nSPS) is 17.9. The molecule has 0 bridgehead atoms. The monoisotopic (exact) mass is 335 g/mol. The average Bonchev–Trinajstić information content (AvgIpc) is 3.23. The smallest absolute Gasteiger partial charge is 0.244 e. The second-order valence-corrected chi connectivity index (χ2v) is 6.52. The molecule has 3 aromatic rings. The fraction of sp³-hybridized carbons (Fsp3) is 0.368. The van der Waals surface area contributed by atoms with Gasteiger partial charge in [-0.1, -0.05) is 35.5 Å². The molecule has 0 amide bonds. The molecule has 0 aliphatic carbocycles. The van der Waals surface area contributed by atoms with Gasteiger partial charge in [-0.05, 0) is 39.3 Å². The third kappa shape index (κ3) is 3.44. The number of likely N-dealkylation sites (tertiary alicyclic amines) is 1. The van der Waals surface area contributed by atoms with Crippen LogP contribution >= 0.6 is 0 Å². The summed E-state index contributed by atoms with van der Waals surface area (Å²) in [6.45, 7) is 5.70. The first-order valence-corrected chi connectivity index (χ1v) is 8.63. The van der Waals surface area contributed by atoms with Crippen LogP contribution in [0, 0.1) is 13.8 Å². The quantitative estimate of drug-likeness (QED) is 0.727. The molecule has 1 fully saturated rings. The van der Waals surface area contributed by atoms with E-state index in [1.807, 2.05) is 50.2 Å². The first kappa shape index (κ1) is 15.9. The predicted octanol–water partition coefficient (Wildman–Crippen LogP) is 3.48. The molecule has 25 heavy (non-hydrogen) atoms. The van der Waals surface area contributed by atoms with Crippen molar-refractivity contribution >= 4 is 0 Å². The van der Waals surface area contributed by atoms with Crippen molar-refractivity contribution in [2.24, 2.45) is 0 Å². The van der Waals surface area contributed by atoms with Crippen LogP contribution in [0.25, 0.3) is 11.4 Å². The van der Waals surface area contributed by atoms with Gasteiger partial charge in [-0.3, -0.25) is 4.90 Å². The van der Waals surface area contributed by atoms with Crippen LogP contribution in [0.3, 0.4) is 0 Å². The summed E-state index contributed by atoms with van der Waals surface area (Å²) in [6.07, 6.45) is 2.12. The highest BCUT2D eigenvalue weighted by molar-refractivity contribution is 5.53. The first-order valence-electron chi connectivity index (χ1n) is 8.63. The molecule has 1 saturated heterocycles. The SMILES string of the molecule is Cc1cc(C)nc(CN2CCC[C@H]2c2nc(-c3ccccc3)no2)n1. The fourth-order valence-electron chi connectivity index (χ4n) is 3.42. The average molecular weight is 335 g/mol. The Morgan fingerprint density at radius 3 is 2.60 bits per heavy atom. The summed E-state index contributed by atoms with van der Waals surface area (Å²) in [5.41, 5.74) is 2.98. The molecule has 1 atom stereocenters. The summed E-state index contributed by atoms with van der Waals surface area (Å²) in [5.74, 6) is 2.18. The molecule has 1 aliphatic rings. The lowest BCUT2D eigenvalue weighted by atomic mass is 10.2. The van der Waals surface area contributed by atoms with E-state index >= 15 is 0 Å². The van der Waals surface area contributed by atoms with E-state index in [-0.39, 0.29) is 6.04 Å². The lowest BCUT2D eigenvalue weighted by Crippen LogP contribution is -2.24. The minimum Gasteiger partial charge on any atom is -0.337 e. The van der Waals surface area contributed by atoms with Crippen molar-refractivity contribution in [3.05, 3.63) is 59.5 Å². The number of aryl methyl sites for hydroxylation is 2. The van der Waals surface area contributed by atoms with Gasteiger partial charge >= 0.3 is 0 Å². The molecule has 6 heteroatoms. The Balaban J connectivity index is 1.54. The molecule has 4 rings (SSSR count). The second-order valence-electron chi connectivity index (χ2n) is 6.52. The van der Waals surface area contributed by atoms with E-state index in [9.17, 15) is 0 Å². The molecule has 2 aromatic heterocycles. The van der Waals surface area contributed by atoms with E-state index in [1.165, 1.54) is 0 Å². The van der Waals surface area contributed by atoms with E-state index in [4.69, 9.17) is 4.52 Å². The molecule has 0 saturated carbocycles. The summed E-state index contributed by atoms with van der Waals surface area (Å²) in [5, 5.41) is 4.16. The molecule has 1 aromatic carbocycles. The van der Waals surface area contributed by atoms with Crippen molar-refractivity contribution in [1.82, 2.24) is 25.0 Å². The minimum atomic E-state index is 0.134. The Hall–Kier alpha value is -2.60. The third-order valence-electron chi connectivity index (χ3n) is 4.50. The number of hydrogen-bond donors (Lipinski definition) is 0. The van der Waals surface area contributed by atoms with Crippen molar-refractivity contribution in [2.75, 3.05) is 6.54 Å². The van der Waals surface area contributed by atoms with Crippen molar-refractivity contribution < 1.29 is 4.52 Å². The Labute approximate surface area is 146 Å². The predicted molar refractivity (Wildman–Crippen MR) is 93.6 cm³/mol. The van der Waals surface area contributed by atoms with Gasteiger partial charge in [0, 0.05) is 17.0 Å². The maximum Gasteiger partial charge on any atom is 0.244 e. The van der Waals surface area contributed by atoms with Gasteiger partial charge in [0.25, 0.3) is 0 Å². The summed E-state index contributed by atoms with van der Waals surface area (Å²) in [6, 6.07) is 12.0. The molecule has 3 heterocycles. The van der Waals surface area contributed by atoms with Crippen LogP contribution in [0.5, 0.6) is 0 Å². The number of hydrogen-bond acceptors (Lipinski definition) is 6. The minimum absolute atomic E-state index is 0.134. The number of rotatable bonds is 4. The fourth-order valence-corrected chi connectivity index (χ4v) is 3.42. The zero-order valence-electron chi connectivity index (χ0n) is 14.5. The first-order chi connectivity index (χ1) is 12.2. The van der Waals surface area contributed by atoms with Crippen LogP contribution in [0.15, 0.2) is 40.9 Å². The topological polar surface area (TPSA) is 67.9 Å². The van der Waals surface area contributed by atoms with Crippen molar-refractivity contribution in [3.8, 4) is 11.4 Å². The van der Waals surface area contributed by atoms with Crippen LogP contribution < -0.4 is 0 Å². The Bertz CT molecular complexity index is 841. The van der Waals surface area contributed by atoms with Gasteiger partial charge in [-0.2, -0.15) is 4.98 Å². The van der Waals surface area contributed by atoms with Crippen molar-refractivity contribution in [3.63, 3.8) is 0 Å². The van der Waals surface area contributed by atoms with Crippen LogP contribution in [0.1, 0.15) is 42.0 Å². The van der Waals surface area contributed by atoms with Crippen LogP contribution in [-0.4, -0.2) is 31.6 Å². The molecule has 0 spiro atoms. The van der Waals surface area contributed by atoms with Gasteiger partial charge in [0.05, 0.1) is 12.6 Å². The van der Waals surface area contributed by atoms with Gasteiger partial charge in [0.15, 0.2) is 0 Å². The molecule has 0 radical (unpaired) electrons. The van der Waals surface area contributed by atoms with E-state index in [2.05, 4.69) is 25.0 Å². The highest BCUT2D eigenvalue weighted by atomic mass is 16.5. The highest BCUT2D eigenvalue weighted by Gasteiger charge is 2.31. The molecular weight excluding hydrogens is 314 g/mol. The van der Waals surface area contributed by atoms with Gasteiger partial charge in [-0.25, -0.2) is 9.97 Å². The van der Waals surface area contributed by atoms with Crippen LogP contribution in [-0.2, 0) is 6.54 Å². The molecular formula is C19H21N5O. The van der Waals surface area contributed by atoms with Crippen molar-refractivity contribution in [1.29, 1.82) is 0 Å². The van der Waals surface area contributed by atoms with E-state index < -0.39 is 0 Å². The number of nitrogens with zero attached hydrogens (tertiary/aromatic N) is 5. The van der Waals surface area contributed by atoms with Gasteiger partial charge in [-0.15, -0.1) is 0 Å². The van der Waals surface area contributed by atoms with Crippen molar-refractivity contribution in [2.45, 2.75) is 39.3 Å². The summed E-state index contributed by atoms with van der Waals surface area (Å²) < 4.78 is 5.57. The van der Waals surface area contributed by atoms with Crippen LogP contribution in [0.2, 0.25) is 0 Å². The Kier molecular flexibility index (Phi) is 4.28. The maximum atomic E-state index is 5.57. The third-order valence-corrected chi connectivity index (χ3v) is 4.50. The van der Waals surface area contributed by atoms with Crippen LogP contribution in [0.4, 0.5) is 0 Å². The Morgan fingerprint density at radius 2 is 1.84 bits per heavy atom. The largest absolute Gasteiger partial charge is 0.337 e. The van der Waals surface area contributed by atoms with Gasteiger partial charge < -0.3 is 4.52 Å². The van der Waals surface area contributed by atoms with E-state index in [1.54, 1.807) is 0 Å². The maximum absolute atomic E-state index is 5.57. The molecule has 6 nitrogen and oxygen atoms in total. The zero-order valence-corrected chi connectivity index (χ0v) is 14.5. The van der Waals surface area contributed by atoms with E-state index in [0.717, 1.165) is 42.2 Å². The van der Waals surface area contributed by atoms with E-state index in [0.29, 0.717) is 18.3 Å². The standard InChI is InChI=1S/C19H21N5O/c1-13-11-14(2)21-17(20-13)12-24-10-6-9-16(24)19-22-18(23-25-19)15-7-4-3-5-8-15/h3-5,7-8,11,16H,6,9-10,12H2,1-2H3/t16-/m0/s1. The lowest BCUT2D eigenvalue weighted by Gasteiger charge is -2.20. The lowest BCUT2D eigenvalue weighted by molar-refractivity contribution is 0.197. The summed E-state index contributed by atoms with van der Waals surface area (Å²) in [4.78, 5) is 16.1. The second kappa shape index (κ2) is 6.72. The number of benzene rings is 1. The van der Waals surface area contributed by atoms with Gasteiger partial charge in [0.1, 0.15) is 5.82 Å². The molecule has 0 N–H and O–H groups in total. The molecule has 128 valence electrons. The zero-order chi connectivity index (χ0) is 17.2. The van der Waals surface area contributed by atoms with Gasteiger partial charge in [0.2, 0.25) is 11.7 Å².